The molecule has 118 valence electrons. The van der Waals surface area contributed by atoms with Gasteiger partial charge in [-0.15, -0.1) is 10.2 Å². The topological polar surface area (TPSA) is 61.5 Å². The van der Waals surface area contributed by atoms with Crippen LogP contribution in [0.3, 0.4) is 0 Å². The van der Waals surface area contributed by atoms with Crippen LogP contribution < -0.4 is 9.47 Å². The largest absolute Gasteiger partial charge is 0.493 e. The van der Waals surface area contributed by atoms with E-state index in [1.807, 2.05) is 26.2 Å². The molecule has 0 amide bonds. The molecule has 22 heavy (non-hydrogen) atoms. The van der Waals surface area contributed by atoms with Crippen molar-refractivity contribution in [1.82, 2.24) is 14.9 Å². The van der Waals surface area contributed by atoms with Gasteiger partial charge in [0.05, 0.1) is 25.0 Å². The van der Waals surface area contributed by atoms with Gasteiger partial charge in [-0.2, -0.15) is 9.78 Å². The van der Waals surface area contributed by atoms with E-state index in [4.69, 9.17) is 21.1 Å². The van der Waals surface area contributed by atoms with Gasteiger partial charge < -0.3 is 9.47 Å². The first-order valence-electron chi connectivity index (χ1n) is 6.61. The molecule has 1 aromatic carbocycles. The third-order valence-corrected chi connectivity index (χ3v) is 3.71. The molecule has 1 heterocycles. The van der Waals surface area contributed by atoms with Crippen molar-refractivity contribution < 1.29 is 9.47 Å². The van der Waals surface area contributed by atoms with Crippen molar-refractivity contribution in [3.63, 3.8) is 0 Å². The summed E-state index contributed by atoms with van der Waals surface area (Å²) < 4.78 is 12.5. The predicted molar refractivity (Wildman–Crippen MR) is 88.7 cm³/mol. The van der Waals surface area contributed by atoms with Crippen LogP contribution in [0.5, 0.6) is 11.5 Å². The Morgan fingerprint density at radius 1 is 1.41 bits per heavy atom. The number of thioether (sulfide) groups is 1. The maximum Gasteiger partial charge on any atom is 0.211 e. The fraction of sp³-hybridized carbons (Fsp3) is 0.357. The lowest BCUT2D eigenvalue weighted by atomic mass is 10.2. The van der Waals surface area contributed by atoms with Crippen molar-refractivity contribution in [2.45, 2.75) is 19.0 Å². The second-order valence-electron chi connectivity index (χ2n) is 4.26. The molecule has 0 spiro atoms. The predicted octanol–water partition coefficient (Wildman–Crippen LogP) is 3.25. The number of halogens is 1. The molecule has 0 aliphatic rings. The highest BCUT2D eigenvalue weighted by atomic mass is 35.5. The van der Waals surface area contributed by atoms with E-state index in [-0.39, 0.29) is 0 Å². The quantitative estimate of drug-likeness (QED) is 0.596. The van der Waals surface area contributed by atoms with Gasteiger partial charge in [-0.05, 0) is 37.8 Å². The maximum atomic E-state index is 6.24. The first-order chi connectivity index (χ1) is 10.6. The van der Waals surface area contributed by atoms with E-state index >= 15 is 0 Å². The number of ether oxygens (including phenoxy) is 2. The molecular formula is C14H17ClN4O2S. The summed E-state index contributed by atoms with van der Waals surface area (Å²) in [6.45, 7) is 4.25. The van der Waals surface area contributed by atoms with Gasteiger partial charge in [-0.1, -0.05) is 23.4 Å². The number of methoxy groups -OCH3 is 1. The van der Waals surface area contributed by atoms with Crippen molar-refractivity contribution >= 4 is 29.6 Å². The summed E-state index contributed by atoms with van der Waals surface area (Å²) in [5.74, 6) is 1.82. The number of benzene rings is 1. The number of nitrogens with zero attached hydrogens (tertiary/aromatic N) is 4. The Morgan fingerprint density at radius 3 is 2.82 bits per heavy atom. The van der Waals surface area contributed by atoms with Crippen LogP contribution in [0.4, 0.5) is 0 Å². The van der Waals surface area contributed by atoms with E-state index in [1.165, 1.54) is 11.8 Å². The van der Waals surface area contributed by atoms with Gasteiger partial charge in [0.15, 0.2) is 17.3 Å². The van der Waals surface area contributed by atoms with Crippen LogP contribution >= 0.6 is 23.4 Å². The highest BCUT2D eigenvalue weighted by molar-refractivity contribution is 7.98. The van der Waals surface area contributed by atoms with Crippen LogP contribution in [0.25, 0.3) is 0 Å². The van der Waals surface area contributed by atoms with Crippen LogP contribution in [-0.2, 0) is 0 Å². The minimum Gasteiger partial charge on any atom is -0.493 e. The van der Waals surface area contributed by atoms with E-state index in [0.29, 0.717) is 29.0 Å². The third-order valence-electron chi connectivity index (χ3n) is 2.81. The third kappa shape index (κ3) is 3.53. The fourth-order valence-corrected chi connectivity index (χ4v) is 2.57. The molecule has 1 aromatic heterocycles. The van der Waals surface area contributed by atoms with Gasteiger partial charge in [0, 0.05) is 0 Å². The molecule has 0 unspecified atom stereocenters. The minimum atomic E-state index is 0.480. The van der Waals surface area contributed by atoms with Gasteiger partial charge >= 0.3 is 0 Å². The monoisotopic (exact) mass is 340 g/mol. The molecule has 0 bridgehead atoms. The van der Waals surface area contributed by atoms with E-state index in [2.05, 4.69) is 15.3 Å². The highest BCUT2D eigenvalue weighted by Crippen LogP contribution is 2.36. The smallest absolute Gasteiger partial charge is 0.211 e. The molecule has 8 heteroatoms. The molecule has 0 saturated carbocycles. The summed E-state index contributed by atoms with van der Waals surface area (Å²) in [6, 6.07) is 3.59. The van der Waals surface area contributed by atoms with E-state index in [0.717, 1.165) is 10.7 Å². The number of rotatable bonds is 6. The van der Waals surface area contributed by atoms with Crippen LogP contribution in [0, 0.1) is 6.92 Å². The number of aromatic nitrogens is 3. The molecule has 0 aliphatic carbocycles. The van der Waals surface area contributed by atoms with Gasteiger partial charge in [0.25, 0.3) is 0 Å². The Balaban J connectivity index is 2.35. The molecule has 0 N–H and O–H groups in total. The maximum absolute atomic E-state index is 6.24. The second-order valence-corrected chi connectivity index (χ2v) is 5.44. The normalized spacial score (nSPS) is 11.1. The van der Waals surface area contributed by atoms with E-state index < -0.39 is 0 Å². The zero-order valence-corrected chi connectivity index (χ0v) is 14.4. The Labute approximate surface area is 138 Å². The summed E-state index contributed by atoms with van der Waals surface area (Å²) in [5, 5.41) is 13.6. The van der Waals surface area contributed by atoms with Crippen LogP contribution in [0.1, 0.15) is 18.3 Å². The van der Waals surface area contributed by atoms with Crippen LogP contribution in [0.15, 0.2) is 22.4 Å². The molecule has 0 aliphatic heterocycles. The first-order valence-corrected chi connectivity index (χ1v) is 8.21. The fourth-order valence-electron chi connectivity index (χ4n) is 1.82. The zero-order valence-electron chi connectivity index (χ0n) is 12.8. The average molecular weight is 341 g/mol. The molecule has 2 aromatic rings. The highest BCUT2D eigenvalue weighted by Gasteiger charge is 2.11. The van der Waals surface area contributed by atoms with Crippen molar-refractivity contribution in [3.8, 4) is 11.5 Å². The number of aryl methyl sites for hydroxylation is 1. The Bertz CT molecular complexity index is 688. The van der Waals surface area contributed by atoms with Crippen molar-refractivity contribution in [1.29, 1.82) is 0 Å². The SMILES string of the molecule is CCOc1c(Cl)cc(/C=N\n2c(C)nnc2SC)cc1OC. The van der Waals surface area contributed by atoms with Gasteiger partial charge in [-0.25, -0.2) is 0 Å². The molecule has 0 saturated heterocycles. The van der Waals surface area contributed by atoms with Gasteiger partial charge in [-0.3, -0.25) is 0 Å². The lowest BCUT2D eigenvalue weighted by molar-refractivity contribution is 0.311. The summed E-state index contributed by atoms with van der Waals surface area (Å²) in [6.07, 6.45) is 3.60. The van der Waals surface area contributed by atoms with Gasteiger partial charge in [0.2, 0.25) is 5.16 Å². The second kappa shape index (κ2) is 7.51. The lowest BCUT2D eigenvalue weighted by Crippen LogP contribution is -1.99. The van der Waals surface area contributed by atoms with Crippen LogP contribution in [0.2, 0.25) is 5.02 Å². The number of hydrogen-bond donors (Lipinski definition) is 0. The molecular weight excluding hydrogens is 324 g/mol. The summed E-state index contributed by atoms with van der Waals surface area (Å²) >= 11 is 7.72. The Hall–Kier alpha value is -1.73. The lowest BCUT2D eigenvalue weighted by Gasteiger charge is -2.11. The van der Waals surface area contributed by atoms with E-state index in [1.54, 1.807) is 24.1 Å². The molecule has 6 nitrogen and oxygen atoms in total. The first kappa shape index (κ1) is 16.6. The molecule has 0 radical (unpaired) electrons. The van der Waals surface area contributed by atoms with E-state index in [9.17, 15) is 0 Å². The minimum absolute atomic E-state index is 0.480. The van der Waals surface area contributed by atoms with Gasteiger partial charge in [0.1, 0.15) is 0 Å². The average Bonchev–Trinajstić information content (AvgIpc) is 2.87. The molecule has 0 atom stereocenters. The standard InChI is InChI=1S/C14H17ClN4O2S/c1-5-21-13-11(15)6-10(7-12(13)20-3)8-16-19-9(2)17-18-14(19)22-4/h6-8H,5H2,1-4H3/b16-8-. The van der Waals surface area contributed by atoms with Crippen molar-refractivity contribution in [3.05, 3.63) is 28.5 Å². The number of hydrogen-bond acceptors (Lipinski definition) is 6. The van der Waals surface area contributed by atoms with Crippen molar-refractivity contribution in [2.24, 2.45) is 5.10 Å². The summed E-state index contributed by atoms with van der Waals surface area (Å²) in [7, 11) is 1.57. The van der Waals surface area contributed by atoms with Crippen molar-refractivity contribution in [2.75, 3.05) is 20.0 Å². The zero-order chi connectivity index (χ0) is 16.1. The Morgan fingerprint density at radius 2 is 2.18 bits per heavy atom. The summed E-state index contributed by atoms with van der Waals surface area (Å²) in [4.78, 5) is 0. The van der Waals surface area contributed by atoms with Crippen LogP contribution in [-0.4, -0.2) is 41.1 Å². The molecule has 2 rings (SSSR count). The Kier molecular flexibility index (Phi) is 5.68. The summed E-state index contributed by atoms with van der Waals surface area (Å²) in [5.41, 5.74) is 0.797. The molecule has 0 fully saturated rings.